The quantitative estimate of drug-likeness (QED) is 0.482. The number of rotatable bonds is 5. The van der Waals surface area contributed by atoms with Gasteiger partial charge in [-0.2, -0.15) is 5.10 Å². The Labute approximate surface area is 162 Å². The molecule has 136 valence electrons. The largest absolute Gasteiger partial charge is 0.463 e. The Hall–Kier alpha value is -3.26. The summed E-state index contributed by atoms with van der Waals surface area (Å²) in [6.45, 7) is -0.255. The van der Waals surface area contributed by atoms with Crippen LogP contribution in [0.15, 0.2) is 73.6 Å². The zero-order chi connectivity index (χ0) is 19.2. The molecular formula is C19H14BrN3O4. The normalized spacial score (nSPS) is 10.9. The van der Waals surface area contributed by atoms with E-state index in [1.54, 1.807) is 48.5 Å². The van der Waals surface area contributed by atoms with Crippen LogP contribution in [0.25, 0.3) is 11.0 Å². The van der Waals surface area contributed by atoms with Gasteiger partial charge in [0.05, 0.1) is 23.7 Å². The van der Waals surface area contributed by atoms with Crippen molar-refractivity contribution in [2.24, 2.45) is 5.10 Å². The maximum absolute atomic E-state index is 12.3. The van der Waals surface area contributed by atoms with Crippen LogP contribution in [0.2, 0.25) is 0 Å². The fraction of sp³-hybridized carbons (Fsp3) is 0.0526. The van der Waals surface area contributed by atoms with E-state index in [1.807, 2.05) is 0 Å². The standard InChI is InChI=1S/C19H14BrN3O4/c20-14-5-3-4-12(8-14)19(26)21-10-17(24)23-22-9-13-11-27-16-7-2-1-6-15(16)18(13)25/h1-9,11H,10H2,(H,21,26)(H,23,24). The van der Waals surface area contributed by atoms with E-state index in [0.29, 0.717) is 16.5 Å². The molecule has 7 nitrogen and oxygen atoms in total. The predicted octanol–water partition coefficient (Wildman–Crippen LogP) is 2.44. The Bertz CT molecular complexity index is 1090. The Kier molecular flexibility index (Phi) is 5.77. The summed E-state index contributed by atoms with van der Waals surface area (Å²) in [5.74, 6) is -0.912. The highest BCUT2D eigenvalue weighted by molar-refractivity contribution is 9.10. The van der Waals surface area contributed by atoms with Crippen LogP contribution in [0.3, 0.4) is 0 Å². The molecule has 0 aliphatic rings. The lowest BCUT2D eigenvalue weighted by molar-refractivity contribution is -0.120. The molecule has 0 aliphatic heterocycles. The summed E-state index contributed by atoms with van der Waals surface area (Å²) < 4.78 is 6.12. The van der Waals surface area contributed by atoms with Crippen LogP contribution in [-0.4, -0.2) is 24.6 Å². The fourth-order valence-corrected chi connectivity index (χ4v) is 2.69. The molecule has 2 aromatic carbocycles. The highest BCUT2D eigenvalue weighted by Gasteiger charge is 2.08. The molecule has 27 heavy (non-hydrogen) atoms. The SMILES string of the molecule is O=C(CNC(=O)c1cccc(Br)c1)NN=Cc1coc2ccccc2c1=O. The summed E-state index contributed by atoms with van der Waals surface area (Å²) >= 11 is 3.28. The minimum atomic E-state index is -0.528. The summed E-state index contributed by atoms with van der Waals surface area (Å²) in [6.07, 6.45) is 2.47. The maximum Gasteiger partial charge on any atom is 0.259 e. The minimum Gasteiger partial charge on any atom is -0.463 e. The van der Waals surface area contributed by atoms with E-state index in [4.69, 9.17) is 4.42 Å². The van der Waals surface area contributed by atoms with E-state index < -0.39 is 5.91 Å². The highest BCUT2D eigenvalue weighted by atomic mass is 79.9. The average Bonchev–Trinajstić information content (AvgIpc) is 2.68. The molecule has 0 fully saturated rings. The number of hydrogen-bond acceptors (Lipinski definition) is 5. The van der Waals surface area contributed by atoms with Crippen LogP contribution in [0.4, 0.5) is 0 Å². The van der Waals surface area contributed by atoms with E-state index in [-0.39, 0.29) is 23.4 Å². The Balaban J connectivity index is 1.57. The fourth-order valence-electron chi connectivity index (χ4n) is 2.29. The zero-order valence-electron chi connectivity index (χ0n) is 13.9. The first kappa shape index (κ1) is 18.5. The Morgan fingerprint density at radius 2 is 1.96 bits per heavy atom. The average molecular weight is 428 g/mol. The molecule has 8 heteroatoms. The van der Waals surface area contributed by atoms with Gasteiger partial charge in [-0.1, -0.05) is 34.1 Å². The number of benzene rings is 2. The number of nitrogens with one attached hydrogen (secondary N) is 2. The second kappa shape index (κ2) is 8.41. The molecule has 0 spiro atoms. The molecule has 0 saturated heterocycles. The molecule has 3 aromatic rings. The molecule has 0 radical (unpaired) electrons. The lowest BCUT2D eigenvalue weighted by Crippen LogP contribution is -2.35. The molecule has 0 atom stereocenters. The number of fused-ring (bicyclic) bond motifs is 1. The summed E-state index contributed by atoms with van der Waals surface area (Å²) in [4.78, 5) is 36.0. The lowest BCUT2D eigenvalue weighted by atomic mass is 10.2. The summed E-state index contributed by atoms with van der Waals surface area (Å²) in [5, 5.41) is 6.64. The third kappa shape index (κ3) is 4.68. The molecule has 1 aromatic heterocycles. The predicted molar refractivity (Wildman–Crippen MR) is 105 cm³/mol. The molecule has 0 unspecified atom stereocenters. The second-order valence-corrected chi connectivity index (χ2v) is 6.42. The first-order valence-corrected chi connectivity index (χ1v) is 8.70. The van der Waals surface area contributed by atoms with Crippen LogP contribution in [-0.2, 0) is 4.79 Å². The number of hydrogen-bond donors (Lipinski definition) is 2. The molecule has 0 saturated carbocycles. The number of nitrogens with zero attached hydrogens (tertiary/aromatic N) is 1. The minimum absolute atomic E-state index is 0.201. The van der Waals surface area contributed by atoms with Gasteiger partial charge in [-0.25, -0.2) is 5.43 Å². The maximum atomic E-state index is 12.3. The van der Waals surface area contributed by atoms with Gasteiger partial charge in [0.2, 0.25) is 5.43 Å². The second-order valence-electron chi connectivity index (χ2n) is 5.50. The molecular weight excluding hydrogens is 414 g/mol. The van der Waals surface area contributed by atoms with Crippen molar-refractivity contribution in [2.45, 2.75) is 0 Å². The van der Waals surface area contributed by atoms with Crippen LogP contribution in [0.5, 0.6) is 0 Å². The lowest BCUT2D eigenvalue weighted by Gasteiger charge is -2.04. The van der Waals surface area contributed by atoms with E-state index in [1.165, 1.54) is 12.5 Å². The molecule has 3 rings (SSSR count). The van der Waals surface area contributed by atoms with Gasteiger partial charge in [-0.3, -0.25) is 14.4 Å². The first-order chi connectivity index (χ1) is 13.0. The van der Waals surface area contributed by atoms with E-state index in [9.17, 15) is 14.4 Å². The van der Waals surface area contributed by atoms with Gasteiger partial charge in [0.15, 0.2) is 0 Å². The molecule has 2 N–H and O–H groups in total. The van der Waals surface area contributed by atoms with Gasteiger partial charge in [-0.15, -0.1) is 0 Å². The van der Waals surface area contributed by atoms with Crippen molar-refractivity contribution in [1.82, 2.24) is 10.7 Å². The summed E-state index contributed by atoms with van der Waals surface area (Å²) in [7, 11) is 0. The Morgan fingerprint density at radius 3 is 2.78 bits per heavy atom. The molecule has 0 bridgehead atoms. The van der Waals surface area contributed by atoms with Gasteiger partial charge in [0.25, 0.3) is 11.8 Å². The van der Waals surface area contributed by atoms with Gasteiger partial charge in [0.1, 0.15) is 11.8 Å². The van der Waals surface area contributed by atoms with Crippen molar-refractivity contribution in [3.05, 3.63) is 80.6 Å². The number of halogens is 1. The molecule has 0 aliphatic carbocycles. The van der Waals surface area contributed by atoms with Crippen LogP contribution in [0, 0.1) is 0 Å². The van der Waals surface area contributed by atoms with Gasteiger partial charge in [-0.05, 0) is 30.3 Å². The van der Waals surface area contributed by atoms with Crippen molar-refractivity contribution >= 4 is 44.9 Å². The van der Waals surface area contributed by atoms with Crippen molar-refractivity contribution in [3.63, 3.8) is 0 Å². The van der Waals surface area contributed by atoms with E-state index >= 15 is 0 Å². The monoisotopic (exact) mass is 427 g/mol. The van der Waals surface area contributed by atoms with Crippen LogP contribution in [0.1, 0.15) is 15.9 Å². The smallest absolute Gasteiger partial charge is 0.259 e. The van der Waals surface area contributed by atoms with Gasteiger partial charge < -0.3 is 9.73 Å². The van der Waals surface area contributed by atoms with Crippen molar-refractivity contribution in [2.75, 3.05) is 6.54 Å². The van der Waals surface area contributed by atoms with Gasteiger partial charge in [0, 0.05) is 10.0 Å². The zero-order valence-corrected chi connectivity index (χ0v) is 15.5. The summed E-state index contributed by atoms with van der Waals surface area (Å²) in [6, 6.07) is 13.6. The summed E-state index contributed by atoms with van der Waals surface area (Å²) in [5.41, 5.74) is 3.10. The molecule has 1 heterocycles. The number of amides is 2. The van der Waals surface area contributed by atoms with Crippen molar-refractivity contribution < 1.29 is 14.0 Å². The van der Waals surface area contributed by atoms with Crippen molar-refractivity contribution in [3.8, 4) is 0 Å². The third-order valence-electron chi connectivity index (χ3n) is 3.60. The first-order valence-electron chi connectivity index (χ1n) is 7.91. The van der Waals surface area contributed by atoms with Crippen LogP contribution >= 0.6 is 15.9 Å². The van der Waals surface area contributed by atoms with Gasteiger partial charge >= 0.3 is 0 Å². The highest BCUT2D eigenvalue weighted by Crippen LogP contribution is 2.11. The number of para-hydroxylation sites is 1. The van der Waals surface area contributed by atoms with Crippen LogP contribution < -0.4 is 16.2 Å². The number of carbonyl (C=O) groups is 2. The van der Waals surface area contributed by atoms with E-state index in [2.05, 4.69) is 31.8 Å². The Morgan fingerprint density at radius 1 is 1.15 bits per heavy atom. The topological polar surface area (TPSA) is 101 Å². The number of carbonyl (C=O) groups excluding carboxylic acids is 2. The van der Waals surface area contributed by atoms with E-state index in [0.717, 1.165) is 4.47 Å². The van der Waals surface area contributed by atoms with Crippen molar-refractivity contribution in [1.29, 1.82) is 0 Å². The third-order valence-corrected chi connectivity index (χ3v) is 4.09. The number of hydrazone groups is 1. The molecule has 2 amide bonds.